The van der Waals surface area contributed by atoms with E-state index in [4.69, 9.17) is 0 Å². The van der Waals surface area contributed by atoms with Crippen LogP contribution in [0.3, 0.4) is 0 Å². The molecule has 2 amide bonds. The third kappa shape index (κ3) is 7.85. The summed E-state index contributed by atoms with van der Waals surface area (Å²) >= 11 is 3.49. The van der Waals surface area contributed by atoms with Crippen LogP contribution in [0.5, 0.6) is 0 Å². The first-order chi connectivity index (χ1) is 16.8. The van der Waals surface area contributed by atoms with Crippen LogP contribution in [-0.4, -0.2) is 83.7 Å². The van der Waals surface area contributed by atoms with Crippen molar-refractivity contribution < 1.29 is 9.18 Å². The first kappa shape index (κ1) is 26.8. The summed E-state index contributed by atoms with van der Waals surface area (Å²) in [7, 11) is 2.12. The van der Waals surface area contributed by atoms with Gasteiger partial charge in [-0.15, -0.1) is 0 Å². The number of aromatic nitrogens is 2. The zero-order valence-electron chi connectivity index (χ0n) is 20.4. The van der Waals surface area contributed by atoms with E-state index in [9.17, 15) is 14.4 Å². The number of likely N-dealkylation sites (N-methyl/N-ethyl adjacent to an activating group) is 1. The van der Waals surface area contributed by atoms with Crippen LogP contribution in [-0.2, 0) is 0 Å². The molecule has 0 atom stereocenters. The fourth-order valence-electron chi connectivity index (χ4n) is 3.81. The molecule has 1 saturated heterocycles. The molecular formula is C24H32BrFN8O. The highest BCUT2D eigenvalue weighted by Crippen LogP contribution is 2.26. The van der Waals surface area contributed by atoms with Gasteiger partial charge < -0.3 is 15.1 Å². The summed E-state index contributed by atoms with van der Waals surface area (Å²) < 4.78 is 14.0. The molecule has 1 aromatic carbocycles. The number of nitrogens with zero attached hydrogens (tertiary/aromatic N) is 7. The summed E-state index contributed by atoms with van der Waals surface area (Å²) in [5, 5.41) is 15.6. The summed E-state index contributed by atoms with van der Waals surface area (Å²) in [6.45, 7) is 9.93. The molecule has 0 unspecified atom stereocenters. The van der Waals surface area contributed by atoms with E-state index in [0.29, 0.717) is 29.1 Å². The third-order valence-electron chi connectivity index (χ3n) is 5.67. The summed E-state index contributed by atoms with van der Waals surface area (Å²) in [5.74, 6) is 0.288. The molecule has 0 spiro atoms. The van der Waals surface area contributed by atoms with Gasteiger partial charge in [-0.2, -0.15) is 10.2 Å². The minimum atomic E-state index is -0.373. The van der Waals surface area contributed by atoms with E-state index in [1.54, 1.807) is 10.0 Å². The molecule has 0 bridgehead atoms. The molecule has 35 heavy (non-hydrogen) atoms. The van der Waals surface area contributed by atoms with E-state index >= 15 is 0 Å². The van der Waals surface area contributed by atoms with Gasteiger partial charge in [0.2, 0.25) is 5.82 Å². The standard InChI is InChI=1S/C24H32BrFN8O/c1-18(2)17-34(23-21(25)16-28-22(15-27)30-23)33(10-4-9-32-13-11-31(3)12-14-32)24(35)29-20-7-5-19(26)6-8-20/h5-8,16,18H,4,9-14,17H2,1-3H3,(H,29,35). The molecule has 1 N–H and O–H groups in total. The quantitative estimate of drug-likeness (QED) is 0.478. The van der Waals surface area contributed by atoms with Crippen molar-refractivity contribution in [3.05, 3.63) is 46.6 Å². The molecule has 9 nitrogen and oxygen atoms in total. The second-order valence-electron chi connectivity index (χ2n) is 9.01. The molecule has 1 aliphatic heterocycles. The molecule has 1 fully saturated rings. The summed E-state index contributed by atoms with van der Waals surface area (Å²) in [4.78, 5) is 26.6. The molecule has 3 rings (SSSR count). The Bertz CT molecular complexity index is 1020. The summed E-state index contributed by atoms with van der Waals surface area (Å²) in [5.41, 5.74) is 0.490. The first-order valence-corrected chi connectivity index (χ1v) is 12.5. The largest absolute Gasteiger partial charge is 0.340 e. The normalized spacial score (nSPS) is 14.5. The lowest BCUT2D eigenvalue weighted by molar-refractivity contribution is 0.146. The topological polar surface area (TPSA) is 91.6 Å². The van der Waals surface area contributed by atoms with Crippen LogP contribution < -0.4 is 10.3 Å². The molecule has 1 aromatic heterocycles. The van der Waals surface area contributed by atoms with Crippen molar-refractivity contribution in [3.8, 4) is 6.07 Å². The first-order valence-electron chi connectivity index (χ1n) is 11.7. The molecule has 188 valence electrons. The van der Waals surface area contributed by atoms with Crippen molar-refractivity contribution in [1.82, 2.24) is 24.8 Å². The van der Waals surface area contributed by atoms with Crippen molar-refractivity contribution in [3.63, 3.8) is 0 Å². The smallest absolute Gasteiger partial charge is 0.306 e. The number of benzene rings is 1. The van der Waals surface area contributed by atoms with Gasteiger partial charge in [0.25, 0.3) is 0 Å². The van der Waals surface area contributed by atoms with Gasteiger partial charge in [0.15, 0.2) is 5.82 Å². The molecule has 0 aliphatic carbocycles. The van der Waals surface area contributed by atoms with E-state index in [0.717, 1.165) is 39.1 Å². The van der Waals surface area contributed by atoms with E-state index in [1.165, 1.54) is 30.5 Å². The zero-order valence-corrected chi connectivity index (χ0v) is 22.0. The third-order valence-corrected chi connectivity index (χ3v) is 6.23. The maximum absolute atomic E-state index is 13.5. The SMILES string of the molecule is CC(C)CN(c1nc(C#N)ncc1Br)N(CCCN1CCN(C)CC1)C(=O)Nc1ccc(F)cc1. The average molecular weight is 547 g/mol. The van der Waals surface area contributed by atoms with Gasteiger partial charge >= 0.3 is 6.03 Å². The number of hydrazine groups is 1. The van der Waals surface area contributed by atoms with E-state index in [-0.39, 0.29) is 23.6 Å². The predicted molar refractivity (Wildman–Crippen MR) is 137 cm³/mol. The second kappa shape index (κ2) is 12.8. The van der Waals surface area contributed by atoms with Gasteiger partial charge in [0.05, 0.1) is 4.47 Å². The van der Waals surface area contributed by atoms with Crippen LogP contribution in [0.1, 0.15) is 26.1 Å². The maximum atomic E-state index is 13.5. The van der Waals surface area contributed by atoms with Crippen molar-refractivity contribution in [2.45, 2.75) is 20.3 Å². The molecule has 0 radical (unpaired) electrons. The molecular weight excluding hydrogens is 515 g/mol. The van der Waals surface area contributed by atoms with Gasteiger partial charge in [-0.25, -0.2) is 19.2 Å². The lowest BCUT2D eigenvalue weighted by atomic mass is 10.2. The molecule has 0 saturated carbocycles. The van der Waals surface area contributed by atoms with Crippen molar-refractivity contribution in [2.24, 2.45) is 5.92 Å². The van der Waals surface area contributed by atoms with Gasteiger partial charge in [0.1, 0.15) is 11.9 Å². The molecule has 2 heterocycles. The zero-order chi connectivity index (χ0) is 25.4. The van der Waals surface area contributed by atoms with Crippen LogP contribution in [0.4, 0.5) is 20.7 Å². The number of hydrogen-bond acceptors (Lipinski definition) is 7. The highest BCUT2D eigenvalue weighted by Gasteiger charge is 2.27. The highest BCUT2D eigenvalue weighted by molar-refractivity contribution is 9.10. The number of rotatable bonds is 9. The van der Waals surface area contributed by atoms with Gasteiger partial charge in [0, 0.05) is 57.7 Å². The Morgan fingerprint density at radius 1 is 1.26 bits per heavy atom. The Morgan fingerprint density at radius 2 is 1.94 bits per heavy atom. The molecule has 1 aliphatic rings. The minimum absolute atomic E-state index is 0.0216. The monoisotopic (exact) mass is 546 g/mol. The Hall–Kier alpha value is -2.81. The number of piperazine rings is 1. The number of halogens is 2. The fraction of sp³-hybridized carbons (Fsp3) is 0.500. The summed E-state index contributed by atoms with van der Waals surface area (Å²) in [6, 6.07) is 7.27. The van der Waals surface area contributed by atoms with Gasteiger partial charge in [-0.3, -0.25) is 5.01 Å². The van der Waals surface area contributed by atoms with Gasteiger partial charge in [-0.1, -0.05) is 13.8 Å². The number of carbonyl (C=O) groups excluding carboxylic acids is 1. The van der Waals surface area contributed by atoms with E-state index in [1.807, 2.05) is 19.9 Å². The number of nitriles is 1. The summed E-state index contributed by atoms with van der Waals surface area (Å²) in [6.07, 6.45) is 2.28. The molecule has 2 aromatic rings. The number of amides is 2. The number of hydrogen-bond donors (Lipinski definition) is 1. The van der Waals surface area contributed by atoms with Crippen LogP contribution in [0.2, 0.25) is 0 Å². The van der Waals surface area contributed by atoms with E-state index in [2.05, 4.69) is 48.1 Å². The van der Waals surface area contributed by atoms with Crippen LogP contribution >= 0.6 is 15.9 Å². The Balaban J connectivity index is 1.85. The Labute approximate surface area is 214 Å². The number of nitrogens with one attached hydrogen (secondary N) is 1. The number of anilines is 2. The van der Waals surface area contributed by atoms with E-state index < -0.39 is 0 Å². The molecule has 11 heteroatoms. The van der Waals surface area contributed by atoms with Crippen molar-refractivity contribution in [1.29, 1.82) is 5.26 Å². The average Bonchev–Trinajstić information content (AvgIpc) is 2.83. The lowest BCUT2D eigenvalue weighted by Crippen LogP contribution is -2.52. The van der Waals surface area contributed by atoms with Crippen LogP contribution in [0, 0.1) is 23.1 Å². The highest BCUT2D eigenvalue weighted by atomic mass is 79.9. The van der Waals surface area contributed by atoms with Crippen LogP contribution in [0.25, 0.3) is 0 Å². The predicted octanol–water partition coefficient (Wildman–Crippen LogP) is 3.80. The minimum Gasteiger partial charge on any atom is -0.306 e. The Morgan fingerprint density at radius 3 is 2.57 bits per heavy atom. The number of urea groups is 1. The van der Waals surface area contributed by atoms with Crippen molar-refractivity contribution >= 4 is 33.5 Å². The van der Waals surface area contributed by atoms with Crippen molar-refractivity contribution in [2.75, 3.05) is 63.2 Å². The van der Waals surface area contributed by atoms with Gasteiger partial charge in [-0.05, 0) is 59.6 Å². The fourth-order valence-corrected chi connectivity index (χ4v) is 4.20. The lowest BCUT2D eigenvalue weighted by Gasteiger charge is -2.38. The number of carbonyl (C=O) groups is 1. The maximum Gasteiger partial charge on any atom is 0.340 e. The Kier molecular flexibility index (Phi) is 9.77. The second-order valence-corrected chi connectivity index (χ2v) is 9.87. The van der Waals surface area contributed by atoms with Crippen LogP contribution in [0.15, 0.2) is 34.9 Å².